The van der Waals surface area contributed by atoms with Gasteiger partial charge in [0, 0.05) is 30.4 Å². The van der Waals surface area contributed by atoms with E-state index in [2.05, 4.69) is 5.10 Å². The summed E-state index contributed by atoms with van der Waals surface area (Å²) in [5.41, 5.74) is 1.02. The molecule has 0 atom stereocenters. The molecule has 0 unspecified atom stereocenters. The molecule has 0 aliphatic heterocycles. The van der Waals surface area contributed by atoms with Crippen LogP contribution >= 0.6 is 10.7 Å². The Morgan fingerprint density at radius 1 is 1.41 bits per heavy atom. The number of hydrogen-bond donors (Lipinski definition) is 0. The monoisotopic (exact) mass is 280 g/mol. The van der Waals surface area contributed by atoms with Crippen LogP contribution in [0.5, 0.6) is 0 Å². The topological polar surface area (TPSA) is 61.2 Å². The van der Waals surface area contributed by atoms with E-state index in [1.807, 2.05) is 6.92 Å². The van der Waals surface area contributed by atoms with Crippen molar-refractivity contribution in [1.29, 1.82) is 0 Å². The van der Waals surface area contributed by atoms with Crippen molar-refractivity contribution >= 4 is 19.7 Å². The third-order valence-electron chi connectivity index (χ3n) is 2.42. The predicted molar refractivity (Wildman–Crippen MR) is 65.8 cm³/mol. The van der Waals surface area contributed by atoms with E-state index in [0.29, 0.717) is 31.1 Å². The van der Waals surface area contributed by atoms with Crippen molar-refractivity contribution in [1.82, 2.24) is 9.78 Å². The van der Waals surface area contributed by atoms with Crippen LogP contribution in [0.3, 0.4) is 0 Å². The first-order valence-electron chi connectivity index (χ1n) is 5.44. The molecular formula is C10H17ClN2O3S. The minimum atomic E-state index is -3.72. The smallest absolute Gasteiger partial charge is 0.264 e. The minimum Gasteiger partial charge on any atom is -0.382 e. The van der Waals surface area contributed by atoms with Crippen molar-refractivity contribution < 1.29 is 13.2 Å². The number of aromatic nitrogens is 2. The van der Waals surface area contributed by atoms with Crippen LogP contribution in [0.25, 0.3) is 0 Å². The summed E-state index contributed by atoms with van der Waals surface area (Å²) in [6, 6.07) is 0. The van der Waals surface area contributed by atoms with Crippen molar-refractivity contribution in [3.63, 3.8) is 0 Å². The maximum absolute atomic E-state index is 11.4. The van der Waals surface area contributed by atoms with Gasteiger partial charge in [0.05, 0.1) is 11.4 Å². The largest absolute Gasteiger partial charge is 0.382 e. The summed E-state index contributed by atoms with van der Waals surface area (Å²) in [6.45, 7) is 7.22. The summed E-state index contributed by atoms with van der Waals surface area (Å²) < 4.78 is 29.6. The second kappa shape index (κ2) is 5.84. The highest BCUT2D eigenvalue weighted by molar-refractivity contribution is 8.13. The highest BCUT2D eigenvalue weighted by Gasteiger charge is 2.22. The molecular weight excluding hydrogens is 264 g/mol. The van der Waals surface area contributed by atoms with Gasteiger partial charge in [-0.05, 0) is 27.2 Å². The summed E-state index contributed by atoms with van der Waals surface area (Å²) in [5, 5.41) is 4.17. The summed E-state index contributed by atoms with van der Waals surface area (Å²) >= 11 is 0. The summed E-state index contributed by atoms with van der Waals surface area (Å²) in [6.07, 6.45) is 0.789. The SMILES string of the molecule is CCOCCCn1nc(C)c(S(=O)(=O)Cl)c1C. The number of halogens is 1. The molecule has 0 saturated carbocycles. The van der Waals surface area contributed by atoms with Gasteiger partial charge in [0.1, 0.15) is 4.90 Å². The molecule has 7 heteroatoms. The van der Waals surface area contributed by atoms with Crippen LogP contribution < -0.4 is 0 Å². The summed E-state index contributed by atoms with van der Waals surface area (Å²) in [4.78, 5) is 0.121. The Morgan fingerprint density at radius 3 is 2.53 bits per heavy atom. The van der Waals surface area contributed by atoms with Gasteiger partial charge >= 0.3 is 0 Å². The lowest BCUT2D eigenvalue weighted by atomic mass is 10.4. The van der Waals surface area contributed by atoms with E-state index < -0.39 is 9.05 Å². The number of hydrogen-bond acceptors (Lipinski definition) is 4. The number of nitrogens with zero attached hydrogens (tertiary/aromatic N) is 2. The zero-order valence-electron chi connectivity index (χ0n) is 10.2. The van der Waals surface area contributed by atoms with E-state index in [-0.39, 0.29) is 4.90 Å². The lowest BCUT2D eigenvalue weighted by Gasteiger charge is -2.04. The molecule has 17 heavy (non-hydrogen) atoms. The first kappa shape index (κ1) is 14.5. The zero-order valence-corrected chi connectivity index (χ0v) is 11.8. The highest BCUT2D eigenvalue weighted by Crippen LogP contribution is 2.23. The normalized spacial score (nSPS) is 12.0. The van der Waals surface area contributed by atoms with Crippen LogP contribution in [0.1, 0.15) is 24.7 Å². The maximum atomic E-state index is 11.4. The molecule has 1 rings (SSSR count). The predicted octanol–water partition coefficient (Wildman–Crippen LogP) is 1.85. The van der Waals surface area contributed by atoms with Crippen molar-refractivity contribution in [3.05, 3.63) is 11.4 Å². The van der Waals surface area contributed by atoms with E-state index in [0.717, 1.165) is 6.42 Å². The van der Waals surface area contributed by atoms with Gasteiger partial charge in [0.15, 0.2) is 0 Å². The molecule has 0 bridgehead atoms. The van der Waals surface area contributed by atoms with Gasteiger partial charge in [-0.1, -0.05) is 0 Å². The Bertz CT molecular complexity index is 482. The fourth-order valence-electron chi connectivity index (χ4n) is 1.71. The van der Waals surface area contributed by atoms with E-state index >= 15 is 0 Å². The van der Waals surface area contributed by atoms with Crippen LogP contribution in [0.15, 0.2) is 4.90 Å². The molecule has 0 N–H and O–H groups in total. The molecule has 0 fully saturated rings. The van der Waals surface area contributed by atoms with Gasteiger partial charge in [0.25, 0.3) is 9.05 Å². The van der Waals surface area contributed by atoms with Gasteiger partial charge in [-0.2, -0.15) is 5.10 Å². The molecule has 5 nitrogen and oxygen atoms in total. The second-order valence-corrected chi connectivity index (χ2v) is 6.21. The third kappa shape index (κ3) is 3.69. The Labute approximate surface area is 106 Å². The summed E-state index contributed by atoms with van der Waals surface area (Å²) in [7, 11) is 1.64. The van der Waals surface area contributed by atoms with Gasteiger partial charge < -0.3 is 4.74 Å². The first-order valence-corrected chi connectivity index (χ1v) is 7.75. The van der Waals surface area contributed by atoms with E-state index in [4.69, 9.17) is 15.4 Å². The molecule has 0 spiro atoms. The lowest BCUT2D eigenvalue weighted by molar-refractivity contribution is 0.140. The standard InChI is InChI=1S/C10H17ClN2O3S/c1-4-16-7-5-6-13-9(3)10(8(2)12-13)17(11,14)15/h4-7H2,1-3H3. The maximum Gasteiger partial charge on any atom is 0.264 e. The average molecular weight is 281 g/mol. The fourth-order valence-corrected chi connectivity index (χ4v) is 3.23. The van der Waals surface area contributed by atoms with Crippen molar-refractivity contribution in [2.45, 2.75) is 38.6 Å². The minimum absolute atomic E-state index is 0.121. The average Bonchev–Trinajstić information content (AvgIpc) is 2.48. The van der Waals surface area contributed by atoms with Crippen LogP contribution in [-0.2, 0) is 20.3 Å². The van der Waals surface area contributed by atoms with Gasteiger partial charge in [0.2, 0.25) is 0 Å². The number of rotatable bonds is 6. The van der Waals surface area contributed by atoms with Gasteiger partial charge in [-0.25, -0.2) is 8.42 Å². The van der Waals surface area contributed by atoms with Crippen molar-refractivity contribution in [2.24, 2.45) is 0 Å². The van der Waals surface area contributed by atoms with Gasteiger partial charge in [-0.15, -0.1) is 0 Å². The Hall–Kier alpha value is -0.590. The van der Waals surface area contributed by atoms with Crippen LogP contribution in [-0.4, -0.2) is 31.4 Å². The van der Waals surface area contributed by atoms with E-state index in [1.54, 1.807) is 18.5 Å². The molecule has 0 aromatic carbocycles. The molecule has 0 aliphatic rings. The first-order chi connectivity index (χ1) is 7.88. The molecule has 1 aromatic heterocycles. The Balaban J connectivity index is 2.83. The highest BCUT2D eigenvalue weighted by atomic mass is 35.7. The van der Waals surface area contributed by atoms with E-state index in [1.165, 1.54) is 0 Å². The fraction of sp³-hybridized carbons (Fsp3) is 0.700. The molecule has 0 amide bonds. The third-order valence-corrected chi connectivity index (χ3v) is 3.96. The zero-order chi connectivity index (χ0) is 13.1. The lowest BCUT2D eigenvalue weighted by Crippen LogP contribution is -2.06. The van der Waals surface area contributed by atoms with Crippen molar-refractivity contribution in [3.8, 4) is 0 Å². The van der Waals surface area contributed by atoms with Crippen LogP contribution in [0.2, 0.25) is 0 Å². The second-order valence-electron chi connectivity index (χ2n) is 3.71. The molecule has 1 aromatic rings. The van der Waals surface area contributed by atoms with Crippen LogP contribution in [0.4, 0.5) is 0 Å². The number of aryl methyl sites for hydroxylation is 2. The van der Waals surface area contributed by atoms with E-state index in [9.17, 15) is 8.42 Å². The Morgan fingerprint density at radius 2 is 2.06 bits per heavy atom. The molecule has 0 aliphatic carbocycles. The molecule has 0 radical (unpaired) electrons. The molecule has 0 saturated heterocycles. The molecule has 98 valence electrons. The molecule has 1 heterocycles. The quantitative estimate of drug-likeness (QED) is 0.589. The number of ether oxygens (including phenoxy) is 1. The summed E-state index contributed by atoms with van der Waals surface area (Å²) in [5.74, 6) is 0. The van der Waals surface area contributed by atoms with Crippen LogP contribution in [0, 0.1) is 13.8 Å². The Kier molecular flexibility index (Phi) is 4.97. The van der Waals surface area contributed by atoms with Crippen molar-refractivity contribution in [2.75, 3.05) is 13.2 Å². The van der Waals surface area contributed by atoms with Gasteiger partial charge in [-0.3, -0.25) is 4.68 Å².